The standard InChI is InChI=1S/C17H17N3O3/c1-2-23-17(13-9-5-3-6-10-13)15(19-22)18-16(21)20(17)14-11-7-4-8-12-14/h3-12,22H,2H2,1H3,(H,18,19,21). The van der Waals surface area contributed by atoms with Gasteiger partial charge in [0.2, 0.25) is 11.6 Å². The van der Waals surface area contributed by atoms with Gasteiger partial charge in [0.05, 0.1) is 0 Å². The number of urea groups is 1. The highest BCUT2D eigenvalue weighted by molar-refractivity contribution is 6.18. The van der Waals surface area contributed by atoms with Crippen LogP contribution in [0.5, 0.6) is 0 Å². The molecule has 1 heterocycles. The molecule has 2 aromatic carbocycles. The molecular weight excluding hydrogens is 294 g/mol. The first kappa shape index (κ1) is 15.1. The number of rotatable bonds is 4. The average molecular weight is 311 g/mol. The maximum Gasteiger partial charge on any atom is 0.330 e. The van der Waals surface area contributed by atoms with Crippen molar-refractivity contribution in [1.29, 1.82) is 0 Å². The molecule has 0 aromatic heterocycles. The van der Waals surface area contributed by atoms with Gasteiger partial charge in [-0.15, -0.1) is 0 Å². The molecule has 118 valence electrons. The topological polar surface area (TPSA) is 74.2 Å². The second kappa shape index (κ2) is 6.10. The highest BCUT2D eigenvalue weighted by atomic mass is 16.5. The minimum atomic E-state index is -1.33. The number of hydrogen-bond acceptors (Lipinski definition) is 4. The summed E-state index contributed by atoms with van der Waals surface area (Å²) in [6, 6.07) is 17.9. The molecule has 2 aromatic rings. The summed E-state index contributed by atoms with van der Waals surface area (Å²) in [5.41, 5.74) is 0.00114. The van der Waals surface area contributed by atoms with Gasteiger partial charge in [-0.25, -0.2) is 4.79 Å². The van der Waals surface area contributed by atoms with Crippen LogP contribution >= 0.6 is 0 Å². The Kier molecular flexibility index (Phi) is 3.99. The number of carbonyl (C=O) groups is 1. The number of benzene rings is 2. The van der Waals surface area contributed by atoms with E-state index in [0.717, 1.165) is 0 Å². The summed E-state index contributed by atoms with van der Waals surface area (Å²) in [7, 11) is 0. The lowest BCUT2D eigenvalue weighted by Crippen LogP contribution is -2.49. The zero-order valence-electron chi connectivity index (χ0n) is 12.6. The van der Waals surface area contributed by atoms with Crippen LogP contribution in [0.3, 0.4) is 0 Å². The van der Waals surface area contributed by atoms with Crippen LogP contribution in [0.4, 0.5) is 10.5 Å². The molecule has 0 saturated carbocycles. The predicted octanol–water partition coefficient (Wildman–Crippen LogP) is 2.89. The second-order valence-corrected chi connectivity index (χ2v) is 4.99. The Bertz CT molecular complexity index is 718. The fourth-order valence-corrected chi connectivity index (χ4v) is 2.81. The molecule has 0 radical (unpaired) electrons. The number of nitrogens with zero attached hydrogens (tertiary/aromatic N) is 2. The molecule has 1 unspecified atom stereocenters. The number of anilines is 1. The maximum absolute atomic E-state index is 12.6. The van der Waals surface area contributed by atoms with Crippen LogP contribution in [0.2, 0.25) is 0 Å². The zero-order chi connectivity index (χ0) is 16.3. The Morgan fingerprint density at radius 3 is 2.30 bits per heavy atom. The van der Waals surface area contributed by atoms with Crippen LogP contribution in [-0.4, -0.2) is 23.7 Å². The normalized spacial score (nSPS) is 22.4. The second-order valence-electron chi connectivity index (χ2n) is 4.99. The van der Waals surface area contributed by atoms with Crippen molar-refractivity contribution in [1.82, 2.24) is 5.32 Å². The first-order chi connectivity index (χ1) is 11.2. The summed E-state index contributed by atoms with van der Waals surface area (Å²) in [6.07, 6.45) is 0. The van der Waals surface area contributed by atoms with Gasteiger partial charge >= 0.3 is 6.03 Å². The SMILES string of the molecule is CCOC1(c2ccccc2)C(=NO)NC(=O)N1c1ccccc1. The van der Waals surface area contributed by atoms with Crippen molar-refractivity contribution in [3.8, 4) is 0 Å². The summed E-state index contributed by atoms with van der Waals surface area (Å²) < 4.78 is 5.97. The molecule has 6 heteroatoms. The molecule has 3 rings (SSSR count). The number of nitrogens with one attached hydrogen (secondary N) is 1. The van der Waals surface area contributed by atoms with Crippen LogP contribution in [0.25, 0.3) is 0 Å². The number of amidine groups is 1. The van der Waals surface area contributed by atoms with Gasteiger partial charge in [0.1, 0.15) is 0 Å². The van der Waals surface area contributed by atoms with Crippen LogP contribution in [-0.2, 0) is 10.5 Å². The Morgan fingerprint density at radius 1 is 1.13 bits per heavy atom. The van der Waals surface area contributed by atoms with E-state index in [9.17, 15) is 10.0 Å². The summed E-state index contributed by atoms with van der Waals surface area (Å²) in [5.74, 6) is 0.0411. The van der Waals surface area contributed by atoms with E-state index in [0.29, 0.717) is 17.9 Å². The first-order valence-corrected chi connectivity index (χ1v) is 7.32. The number of ether oxygens (including phenoxy) is 1. The Balaban J connectivity index is 2.25. The van der Waals surface area contributed by atoms with E-state index in [1.807, 2.05) is 55.5 Å². The van der Waals surface area contributed by atoms with E-state index in [1.54, 1.807) is 12.1 Å². The van der Waals surface area contributed by atoms with Crippen molar-refractivity contribution in [3.05, 3.63) is 66.2 Å². The van der Waals surface area contributed by atoms with Gasteiger partial charge in [0.25, 0.3) is 0 Å². The van der Waals surface area contributed by atoms with E-state index in [-0.39, 0.29) is 5.84 Å². The number of hydrogen-bond donors (Lipinski definition) is 2. The number of oxime groups is 1. The summed E-state index contributed by atoms with van der Waals surface area (Å²) in [4.78, 5) is 14.0. The lowest BCUT2D eigenvalue weighted by molar-refractivity contribution is 0.0180. The Morgan fingerprint density at radius 2 is 1.74 bits per heavy atom. The monoisotopic (exact) mass is 311 g/mol. The van der Waals surface area contributed by atoms with Gasteiger partial charge in [0, 0.05) is 17.9 Å². The quantitative estimate of drug-likeness (QED) is 0.673. The van der Waals surface area contributed by atoms with Gasteiger partial charge in [-0.2, -0.15) is 0 Å². The third-order valence-corrected chi connectivity index (χ3v) is 3.70. The van der Waals surface area contributed by atoms with Gasteiger partial charge < -0.3 is 9.94 Å². The molecule has 6 nitrogen and oxygen atoms in total. The third-order valence-electron chi connectivity index (χ3n) is 3.70. The molecule has 1 atom stereocenters. The molecule has 1 aliphatic heterocycles. The van der Waals surface area contributed by atoms with E-state index >= 15 is 0 Å². The lowest BCUT2D eigenvalue weighted by atomic mass is 10.00. The predicted molar refractivity (Wildman–Crippen MR) is 86.4 cm³/mol. The van der Waals surface area contributed by atoms with Crippen molar-refractivity contribution in [2.75, 3.05) is 11.5 Å². The minimum Gasteiger partial charge on any atom is -0.409 e. The molecule has 0 bridgehead atoms. The van der Waals surface area contributed by atoms with E-state index in [1.165, 1.54) is 4.90 Å². The zero-order valence-corrected chi connectivity index (χ0v) is 12.6. The molecule has 1 aliphatic rings. The number of carbonyl (C=O) groups excluding carboxylic acids is 1. The third kappa shape index (κ3) is 2.33. The van der Waals surface area contributed by atoms with E-state index in [4.69, 9.17) is 4.74 Å². The Labute approximate surface area is 134 Å². The molecule has 0 aliphatic carbocycles. The molecule has 1 saturated heterocycles. The first-order valence-electron chi connectivity index (χ1n) is 7.32. The van der Waals surface area contributed by atoms with Crippen molar-refractivity contribution >= 4 is 17.6 Å². The highest BCUT2D eigenvalue weighted by Gasteiger charge is 2.55. The number of amides is 2. The summed E-state index contributed by atoms with van der Waals surface area (Å²) in [5, 5.41) is 15.3. The van der Waals surface area contributed by atoms with Crippen LogP contribution in [0.1, 0.15) is 12.5 Å². The molecular formula is C17H17N3O3. The lowest BCUT2D eigenvalue weighted by Gasteiger charge is -2.36. The smallest absolute Gasteiger partial charge is 0.330 e. The van der Waals surface area contributed by atoms with Gasteiger partial charge in [-0.3, -0.25) is 10.2 Å². The van der Waals surface area contributed by atoms with Crippen molar-refractivity contribution in [3.63, 3.8) is 0 Å². The van der Waals surface area contributed by atoms with Gasteiger partial charge in [-0.1, -0.05) is 53.7 Å². The average Bonchev–Trinajstić information content (AvgIpc) is 2.89. The van der Waals surface area contributed by atoms with Crippen molar-refractivity contribution in [2.24, 2.45) is 5.16 Å². The fraction of sp³-hybridized carbons (Fsp3) is 0.176. The molecule has 2 amide bonds. The minimum absolute atomic E-state index is 0.0411. The van der Waals surface area contributed by atoms with Crippen LogP contribution in [0.15, 0.2) is 65.8 Å². The molecule has 0 spiro atoms. The van der Waals surface area contributed by atoms with Crippen LogP contribution in [0, 0.1) is 0 Å². The summed E-state index contributed by atoms with van der Waals surface area (Å²) in [6.45, 7) is 2.15. The fourth-order valence-electron chi connectivity index (χ4n) is 2.81. The largest absolute Gasteiger partial charge is 0.409 e. The summed E-state index contributed by atoms with van der Waals surface area (Å²) >= 11 is 0. The molecule has 23 heavy (non-hydrogen) atoms. The van der Waals surface area contributed by atoms with Gasteiger partial charge in [-0.05, 0) is 19.1 Å². The van der Waals surface area contributed by atoms with Crippen molar-refractivity contribution in [2.45, 2.75) is 12.6 Å². The van der Waals surface area contributed by atoms with Crippen LogP contribution < -0.4 is 10.2 Å². The van der Waals surface area contributed by atoms with E-state index < -0.39 is 11.8 Å². The van der Waals surface area contributed by atoms with E-state index in [2.05, 4.69) is 10.5 Å². The molecule has 1 fully saturated rings. The molecule has 2 N–H and O–H groups in total. The maximum atomic E-state index is 12.6. The van der Waals surface area contributed by atoms with Crippen molar-refractivity contribution < 1.29 is 14.7 Å². The Hall–Kier alpha value is -2.86. The highest BCUT2D eigenvalue weighted by Crippen LogP contribution is 2.38. The van der Waals surface area contributed by atoms with Gasteiger partial charge in [0.15, 0.2) is 0 Å². The number of para-hydroxylation sites is 1.